The number of benzene rings is 1. The molecule has 0 aliphatic heterocycles. The van der Waals surface area contributed by atoms with Gasteiger partial charge in [0.25, 0.3) is 0 Å². The van der Waals surface area contributed by atoms with Gasteiger partial charge >= 0.3 is 0 Å². The molecule has 0 saturated carbocycles. The van der Waals surface area contributed by atoms with Gasteiger partial charge in [0.2, 0.25) is 0 Å². The zero-order valence-electron chi connectivity index (χ0n) is 10.4. The number of ether oxygens (including phenoxy) is 1. The summed E-state index contributed by atoms with van der Waals surface area (Å²) in [5.41, 5.74) is 8.22. The first-order chi connectivity index (χ1) is 8.61. The molecule has 0 aliphatic carbocycles. The zero-order valence-corrected chi connectivity index (χ0v) is 12.8. The molecular weight excluding hydrogens is 310 g/mol. The van der Waals surface area contributed by atoms with Crippen LogP contribution in [0, 0.1) is 13.8 Å². The fourth-order valence-corrected chi connectivity index (χ4v) is 3.19. The number of halogens is 1. The Bertz CT molecular complexity index is 538. The SMILES string of the molecule is Cc1cccc(OC(CN)c2ccc(Br)s2)c1C. The van der Waals surface area contributed by atoms with E-state index >= 15 is 0 Å². The summed E-state index contributed by atoms with van der Waals surface area (Å²) in [4.78, 5) is 1.14. The average molecular weight is 326 g/mol. The van der Waals surface area contributed by atoms with Crippen LogP contribution < -0.4 is 10.5 Å². The first-order valence-corrected chi connectivity index (χ1v) is 7.41. The Morgan fingerprint density at radius 2 is 2.06 bits per heavy atom. The predicted octanol–water partition coefficient (Wildman–Crippen LogP) is 4.21. The van der Waals surface area contributed by atoms with Crippen molar-refractivity contribution >= 4 is 27.3 Å². The second-order valence-electron chi connectivity index (χ2n) is 4.18. The highest BCUT2D eigenvalue weighted by atomic mass is 79.9. The summed E-state index contributed by atoms with van der Waals surface area (Å²) < 4.78 is 7.14. The maximum atomic E-state index is 6.04. The normalized spacial score (nSPS) is 12.4. The van der Waals surface area contributed by atoms with E-state index in [1.54, 1.807) is 11.3 Å². The molecule has 1 aromatic heterocycles. The molecule has 96 valence electrons. The van der Waals surface area contributed by atoms with Gasteiger partial charge in [-0.25, -0.2) is 0 Å². The van der Waals surface area contributed by atoms with Crippen LogP contribution in [0.2, 0.25) is 0 Å². The molecule has 0 spiro atoms. The summed E-state index contributed by atoms with van der Waals surface area (Å²) in [6, 6.07) is 10.2. The number of hydrogen-bond donors (Lipinski definition) is 1. The number of thiophene rings is 1. The van der Waals surface area contributed by atoms with Crippen LogP contribution in [0.15, 0.2) is 34.1 Å². The van der Waals surface area contributed by atoms with Crippen molar-refractivity contribution in [2.75, 3.05) is 6.54 Å². The van der Waals surface area contributed by atoms with Gasteiger partial charge in [0.1, 0.15) is 11.9 Å². The number of rotatable bonds is 4. The molecule has 4 heteroatoms. The molecule has 1 heterocycles. The highest BCUT2D eigenvalue weighted by Crippen LogP contribution is 2.31. The van der Waals surface area contributed by atoms with Crippen molar-refractivity contribution in [3.05, 3.63) is 50.1 Å². The molecule has 0 bridgehead atoms. The maximum Gasteiger partial charge on any atom is 0.145 e. The summed E-state index contributed by atoms with van der Waals surface area (Å²) >= 11 is 5.12. The molecule has 18 heavy (non-hydrogen) atoms. The highest BCUT2D eigenvalue weighted by molar-refractivity contribution is 9.11. The topological polar surface area (TPSA) is 35.2 Å². The van der Waals surface area contributed by atoms with Crippen molar-refractivity contribution in [3.63, 3.8) is 0 Å². The van der Waals surface area contributed by atoms with E-state index in [2.05, 4.69) is 41.9 Å². The lowest BCUT2D eigenvalue weighted by Crippen LogP contribution is -2.17. The minimum Gasteiger partial charge on any atom is -0.483 e. The lowest BCUT2D eigenvalue weighted by atomic mass is 10.1. The van der Waals surface area contributed by atoms with Gasteiger partial charge in [0.15, 0.2) is 0 Å². The van der Waals surface area contributed by atoms with Gasteiger partial charge in [0, 0.05) is 11.4 Å². The summed E-state index contributed by atoms with van der Waals surface area (Å²) in [5.74, 6) is 0.912. The molecule has 2 nitrogen and oxygen atoms in total. The number of nitrogens with two attached hydrogens (primary N) is 1. The van der Waals surface area contributed by atoms with Crippen LogP contribution in [0.1, 0.15) is 22.1 Å². The Morgan fingerprint density at radius 3 is 2.67 bits per heavy atom. The molecule has 2 N–H and O–H groups in total. The van der Waals surface area contributed by atoms with E-state index < -0.39 is 0 Å². The molecule has 1 aromatic carbocycles. The highest BCUT2D eigenvalue weighted by Gasteiger charge is 2.15. The van der Waals surface area contributed by atoms with Gasteiger partial charge < -0.3 is 10.5 Å². The van der Waals surface area contributed by atoms with E-state index in [9.17, 15) is 0 Å². The van der Waals surface area contributed by atoms with E-state index in [4.69, 9.17) is 10.5 Å². The maximum absolute atomic E-state index is 6.04. The quantitative estimate of drug-likeness (QED) is 0.914. The molecule has 0 aliphatic rings. The van der Waals surface area contributed by atoms with Crippen molar-refractivity contribution in [2.45, 2.75) is 20.0 Å². The summed E-state index contributed by atoms with van der Waals surface area (Å²) in [7, 11) is 0. The van der Waals surface area contributed by atoms with Crippen molar-refractivity contribution in [1.29, 1.82) is 0 Å². The lowest BCUT2D eigenvalue weighted by Gasteiger charge is -2.18. The third-order valence-electron chi connectivity index (χ3n) is 2.95. The minimum absolute atomic E-state index is 0.0817. The Balaban J connectivity index is 2.23. The molecular formula is C14H16BrNOS. The second-order valence-corrected chi connectivity index (χ2v) is 6.68. The van der Waals surface area contributed by atoms with Crippen LogP contribution in [-0.2, 0) is 0 Å². The van der Waals surface area contributed by atoms with Crippen molar-refractivity contribution in [2.24, 2.45) is 5.73 Å². The van der Waals surface area contributed by atoms with Crippen molar-refractivity contribution in [3.8, 4) is 5.75 Å². The number of aryl methyl sites for hydroxylation is 1. The molecule has 0 amide bonds. The van der Waals surface area contributed by atoms with Gasteiger partial charge in [-0.1, -0.05) is 12.1 Å². The van der Waals surface area contributed by atoms with Crippen LogP contribution in [0.25, 0.3) is 0 Å². The van der Waals surface area contributed by atoms with Crippen LogP contribution in [-0.4, -0.2) is 6.54 Å². The minimum atomic E-state index is -0.0817. The van der Waals surface area contributed by atoms with Gasteiger partial charge in [-0.2, -0.15) is 0 Å². The van der Waals surface area contributed by atoms with Crippen LogP contribution >= 0.6 is 27.3 Å². The predicted molar refractivity (Wildman–Crippen MR) is 80.4 cm³/mol. The van der Waals surface area contributed by atoms with E-state index in [0.717, 1.165) is 14.4 Å². The average Bonchev–Trinajstić information content (AvgIpc) is 2.78. The monoisotopic (exact) mass is 325 g/mol. The fraction of sp³-hybridized carbons (Fsp3) is 0.286. The molecule has 2 rings (SSSR count). The number of hydrogen-bond acceptors (Lipinski definition) is 3. The molecule has 0 radical (unpaired) electrons. The third-order valence-corrected chi connectivity index (χ3v) is 4.67. The molecule has 0 fully saturated rings. The van der Waals surface area contributed by atoms with E-state index in [1.807, 2.05) is 18.2 Å². The Labute approximate surface area is 120 Å². The largest absolute Gasteiger partial charge is 0.483 e. The smallest absolute Gasteiger partial charge is 0.145 e. The summed E-state index contributed by atoms with van der Waals surface area (Å²) in [6.45, 7) is 4.63. The first-order valence-electron chi connectivity index (χ1n) is 5.80. The third kappa shape index (κ3) is 2.94. The van der Waals surface area contributed by atoms with E-state index in [0.29, 0.717) is 6.54 Å². The molecule has 1 unspecified atom stereocenters. The summed E-state index contributed by atoms with van der Waals surface area (Å²) in [6.07, 6.45) is -0.0817. The standard InChI is InChI=1S/C14H16BrNOS/c1-9-4-3-5-11(10(9)2)17-12(8-16)13-6-7-14(15)18-13/h3-7,12H,8,16H2,1-2H3. The Morgan fingerprint density at radius 1 is 1.28 bits per heavy atom. The van der Waals surface area contributed by atoms with Crippen LogP contribution in [0.5, 0.6) is 5.75 Å². The summed E-state index contributed by atoms with van der Waals surface area (Å²) in [5, 5.41) is 0. The van der Waals surface area contributed by atoms with Gasteiger partial charge in [-0.05, 0) is 59.1 Å². The van der Waals surface area contributed by atoms with Crippen LogP contribution in [0.4, 0.5) is 0 Å². The van der Waals surface area contributed by atoms with Crippen LogP contribution in [0.3, 0.4) is 0 Å². The van der Waals surface area contributed by atoms with Crippen molar-refractivity contribution in [1.82, 2.24) is 0 Å². The Kier molecular flexibility index (Phi) is 4.43. The van der Waals surface area contributed by atoms with E-state index in [1.165, 1.54) is 11.1 Å². The molecule has 2 aromatic rings. The van der Waals surface area contributed by atoms with Gasteiger partial charge in [-0.3, -0.25) is 0 Å². The first kappa shape index (κ1) is 13.6. The Hall–Kier alpha value is -0.840. The second kappa shape index (κ2) is 5.87. The lowest BCUT2D eigenvalue weighted by molar-refractivity contribution is 0.216. The van der Waals surface area contributed by atoms with Crippen molar-refractivity contribution < 1.29 is 4.74 Å². The molecule has 0 saturated heterocycles. The van der Waals surface area contributed by atoms with Gasteiger partial charge in [-0.15, -0.1) is 11.3 Å². The van der Waals surface area contributed by atoms with Gasteiger partial charge in [0.05, 0.1) is 3.79 Å². The van der Waals surface area contributed by atoms with E-state index in [-0.39, 0.29) is 6.10 Å². The zero-order chi connectivity index (χ0) is 13.1. The molecule has 1 atom stereocenters. The fourth-order valence-electron chi connectivity index (χ4n) is 1.73.